The fourth-order valence-corrected chi connectivity index (χ4v) is 1.18. The van der Waals surface area contributed by atoms with Gasteiger partial charge in [-0.05, 0) is 11.6 Å². The van der Waals surface area contributed by atoms with E-state index >= 15 is 0 Å². The molecule has 0 spiro atoms. The number of hydrogen-bond acceptors (Lipinski definition) is 3. The van der Waals surface area contributed by atoms with Gasteiger partial charge in [-0.3, -0.25) is 4.79 Å². The number of carboxylic acids is 1. The Labute approximate surface area is 75.6 Å². The average molecular weight is 183 g/mol. The summed E-state index contributed by atoms with van der Waals surface area (Å²) in [6.45, 7) is 0. The average Bonchev–Trinajstić information content (AvgIpc) is 2.04. The first kappa shape index (κ1) is 9.09. The molecule has 1 atom stereocenters. The van der Waals surface area contributed by atoms with E-state index in [0.717, 1.165) is 0 Å². The van der Waals surface area contributed by atoms with Crippen LogP contribution in [0.15, 0.2) is 29.2 Å². The van der Waals surface area contributed by atoms with Crippen molar-refractivity contribution in [3.8, 4) is 0 Å². The predicted molar refractivity (Wildman–Crippen MR) is 48.3 cm³/mol. The molecular weight excluding hydrogens is 174 g/mol. The number of nitrogens with two attached hydrogens (primary N) is 1. The van der Waals surface area contributed by atoms with Crippen molar-refractivity contribution in [2.45, 2.75) is 10.9 Å². The SMILES string of the molecule is NC(C(=O)O)c1ccccc1S. The Hall–Kier alpha value is -1.00. The Morgan fingerprint density at radius 2 is 2.08 bits per heavy atom. The lowest BCUT2D eigenvalue weighted by Gasteiger charge is -2.08. The van der Waals surface area contributed by atoms with Gasteiger partial charge in [0.15, 0.2) is 0 Å². The Kier molecular flexibility index (Phi) is 2.73. The minimum Gasteiger partial charge on any atom is -0.480 e. The molecule has 3 N–H and O–H groups in total. The fourth-order valence-electron chi connectivity index (χ4n) is 0.884. The van der Waals surface area contributed by atoms with Gasteiger partial charge in [-0.25, -0.2) is 0 Å². The standard InChI is InChI=1S/C8H9NO2S/c9-7(8(10)11)5-3-1-2-4-6(5)12/h1-4,7,12H,9H2,(H,10,11). The van der Waals surface area contributed by atoms with Crippen molar-refractivity contribution in [2.24, 2.45) is 5.73 Å². The van der Waals surface area contributed by atoms with Crippen LogP contribution < -0.4 is 5.73 Å². The maximum absolute atomic E-state index is 10.5. The molecule has 3 nitrogen and oxygen atoms in total. The van der Waals surface area contributed by atoms with E-state index in [9.17, 15) is 4.79 Å². The van der Waals surface area contributed by atoms with E-state index in [2.05, 4.69) is 12.6 Å². The van der Waals surface area contributed by atoms with Crippen LogP contribution in [-0.4, -0.2) is 11.1 Å². The first-order valence-corrected chi connectivity index (χ1v) is 3.84. The molecule has 4 heteroatoms. The number of aliphatic carboxylic acids is 1. The molecule has 1 unspecified atom stereocenters. The second-order valence-corrected chi connectivity index (χ2v) is 2.86. The molecule has 0 saturated heterocycles. The lowest BCUT2D eigenvalue weighted by molar-refractivity contribution is -0.138. The molecule has 0 aliphatic rings. The number of benzene rings is 1. The predicted octanol–water partition coefficient (Wildman–Crippen LogP) is 1.06. The van der Waals surface area contributed by atoms with Gasteiger partial charge in [0.05, 0.1) is 0 Å². The molecule has 0 radical (unpaired) electrons. The Morgan fingerprint density at radius 3 is 2.58 bits per heavy atom. The number of thiol groups is 1. The highest BCUT2D eigenvalue weighted by atomic mass is 32.1. The first-order chi connectivity index (χ1) is 5.63. The van der Waals surface area contributed by atoms with Gasteiger partial charge in [0.2, 0.25) is 0 Å². The summed E-state index contributed by atoms with van der Waals surface area (Å²) in [5, 5.41) is 8.60. The molecule has 0 aliphatic carbocycles. The van der Waals surface area contributed by atoms with Gasteiger partial charge in [0.1, 0.15) is 6.04 Å². The summed E-state index contributed by atoms with van der Waals surface area (Å²) in [6.07, 6.45) is 0. The molecule has 0 fully saturated rings. The molecule has 0 amide bonds. The van der Waals surface area contributed by atoms with E-state index in [1.165, 1.54) is 0 Å². The third kappa shape index (κ3) is 1.78. The zero-order valence-electron chi connectivity index (χ0n) is 6.27. The van der Waals surface area contributed by atoms with Crippen LogP contribution in [0.3, 0.4) is 0 Å². The lowest BCUT2D eigenvalue weighted by atomic mass is 10.1. The van der Waals surface area contributed by atoms with Crippen LogP contribution in [0, 0.1) is 0 Å². The lowest BCUT2D eigenvalue weighted by Crippen LogP contribution is -2.20. The van der Waals surface area contributed by atoms with Crippen molar-refractivity contribution in [2.75, 3.05) is 0 Å². The highest BCUT2D eigenvalue weighted by Crippen LogP contribution is 2.18. The van der Waals surface area contributed by atoms with Crippen molar-refractivity contribution in [3.05, 3.63) is 29.8 Å². The van der Waals surface area contributed by atoms with Gasteiger partial charge in [-0.15, -0.1) is 12.6 Å². The Balaban J connectivity index is 3.02. The summed E-state index contributed by atoms with van der Waals surface area (Å²) in [5.74, 6) is -1.04. The van der Waals surface area contributed by atoms with Gasteiger partial charge in [0, 0.05) is 4.90 Å². The Morgan fingerprint density at radius 1 is 1.50 bits per heavy atom. The van der Waals surface area contributed by atoms with Crippen molar-refractivity contribution in [1.29, 1.82) is 0 Å². The molecule has 1 rings (SSSR count). The van der Waals surface area contributed by atoms with Crippen LogP contribution in [0.25, 0.3) is 0 Å². The van der Waals surface area contributed by atoms with E-state index in [0.29, 0.717) is 10.5 Å². The van der Waals surface area contributed by atoms with E-state index in [1.807, 2.05) is 0 Å². The van der Waals surface area contributed by atoms with E-state index in [-0.39, 0.29) is 0 Å². The quantitative estimate of drug-likeness (QED) is 0.601. The largest absolute Gasteiger partial charge is 0.480 e. The third-order valence-corrected chi connectivity index (χ3v) is 1.95. The molecule has 0 aromatic heterocycles. The molecule has 0 bridgehead atoms. The van der Waals surface area contributed by atoms with Crippen LogP contribution in [0.2, 0.25) is 0 Å². The van der Waals surface area contributed by atoms with Crippen molar-refractivity contribution < 1.29 is 9.90 Å². The van der Waals surface area contributed by atoms with Gasteiger partial charge < -0.3 is 10.8 Å². The highest BCUT2D eigenvalue weighted by Gasteiger charge is 2.15. The van der Waals surface area contributed by atoms with Crippen LogP contribution in [-0.2, 0) is 4.79 Å². The van der Waals surface area contributed by atoms with E-state index < -0.39 is 12.0 Å². The maximum Gasteiger partial charge on any atom is 0.325 e. The number of rotatable bonds is 2. The second kappa shape index (κ2) is 3.60. The molecule has 1 aromatic carbocycles. The molecular formula is C8H9NO2S. The minimum atomic E-state index is -1.04. The summed E-state index contributed by atoms with van der Waals surface area (Å²) in [7, 11) is 0. The molecule has 12 heavy (non-hydrogen) atoms. The maximum atomic E-state index is 10.5. The first-order valence-electron chi connectivity index (χ1n) is 3.39. The van der Waals surface area contributed by atoms with Gasteiger partial charge in [-0.2, -0.15) is 0 Å². The van der Waals surface area contributed by atoms with Gasteiger partial charge in [-0.1, -0.05) is 18.2 Å². The van der Waals surface area contributed by atoms with E-state index in [1.54, 1.807) is 24.3 Å². The molecule has 64 valence electrons. The summed E-state index contributed by atoms with van der Waals surface area (Å²) in [5.41, 5.74) is 5.93. The molecule has 1 aromatic rings. The van der Waals surface area contributed by atoms with Gasteiger partial charge >= 0.3 is 5.97 Å². The second-order valence-electron chi connectivity index (χ2n) is 2.37. The van der Waals surface area contributed by atoms with E-state index in [4.69, 9.17) is 10.8 Å². The smallest absolute Gasteiger partial charge is 0.325 e. The molecule has 0 heterocycles. The summed E-state index contributed by atoms with van der Waals surface area (Å²) in [4.78, 5) is 11.1. The monoisotopic (exact) mass is 183 g/mol. The highest BCUT2D eigenvalue weighted by molar-refractivity contribution is 7.80. The zero-order valence-corrected chi connectivity index (χ0v) is 7.16. The fraction of sp³-hybridized carbons (Fsp3) is 0.125. The van der Waals surface area contributed by atoms with Crippen LogP contribution >= 0.6 is 12.6 Å². The third-order valence-electron chi connectivity index (χ3n) is 1.54. The topological polar surface area (TPSA) is 63.3 Å². The number of carboxylic acid groups (broad SMARTS) is 1. The minimum absolute atomic E-state index is 0.535. The summed E-state index contributed by atoms with van der Waals surface area (Å²) < 4.78 is 0. The van der Waals surface area contributed by atoms with Crippen molar-refractivity contribution >= 4 is 18.6 Å². The van der Waals surface area contributed by atoms with Crippen LogP contribution in [0.4, 0.5) is 0 Å². The van der Waals surface area contributed by atoms with Crippen molar-refractivity contribution in [1.82, 2.24) is 0 Å². The summed E-state index contributed by atoms with van der Waals surface area (Å²) in [6, 6.07) is 5.89. The summed E-state index contributed by atoms with van der Waals surface area (Å²) >= 11 is 4.09. The number of hydrogen-bond donors (Lipinski definition) is 3. The van der Waals surface area contributed by atoms with Crippen LogP contribution in [0.5, 0.6) is 0 Å². The number of carbonyl (C=O) groups is 1. The van der Waals surface area contributed by atoms with Gasteiger partial charge in [0.25, 0.3) is 0 Å². The molecule has 0 saturated carbocycles. The van der Waals surface area contributed by atoms with Crippen LogP contribution in [0.1, 0.15) is 11.6 Å². The normalized spacial score (nSPS) is 12.5. The zero-order chi connectivity index (χ0) is 9.14. The van der Waals surface area contributed by atoms with Crippen molar-refractivity contribution in [3.63, 3.8) is 0 Å². The Bertz CT molecular complexity index is 301. The molecule has 0 aliphatic heterocycles.